The van der Waals surface area contributed by atoms with Crippen molar-refractivity contribution >= 4 is 6.08 Å². The molecule has 2 rings (SSSR count). The first-order valence-electron chi connectivity index (χ1n) is 9.08. The van der Waals surface area contributed by atoms with E-state index in [0.717, 1.165) is 5.56 Å². The van der Waals surface area contributed by atoms with Gasteiger partial charge in [-0.05, 0) is 35.4 Å². The van der Waals surface area contributed by atoms with Gasteiger partial charge >= 0.3 is 0 Å². The molecule has 0 fully saturated rings. The van der Waals surface area contributed by atoms with E-state index in [-0.39, 0.29) is 12.4 Å². The Morgan fingerprint density at radius 2 is 1.69 bits per heavy atom. The van der Waals surface area contributed by atoms with Gasteiger partial charge in [-0.15, -0.1) is 0 Å². The topological polar surface area (TPSA) is 86.6 Å². The van der Waals surface area contributed by atoms with E-state index in [9.17, 15) is 10.2 Å². The highest BCUT2D eigenvalue weighted by Gasteiger charge is 2.26. The van der Waals surface area contributed by atoms with Crippen LogP contribution < -0.4 is 14.2 Å². The molecule has 0 radical (unpaired) electrons. The predicted octanol–water partition coefficient (Wildman–Crippen LogP) is 3.20. The normalized spacial score (nSPS) is 13.3. The molecule has 2 aromatic carbocycles. The van der Waals surface area contributed by atoms with Crippen molar-refractivity contribution in [2.75, 3.05) is 41.7 Å². The molecule has 0 amide bonds. The predicted molar refractivity (Wildman–Crippen MR) is 110 cm³/mol. The van der Waals surface area contributed by atoms with Gasteiger partial charge in [0.2, 0.25) is 0 Å². The maximum absolute atomic E-state index is 9.94. The molecule has 0 aliphatic heterocycles. The van der Waals surface area contributed by atoms with E-state index < -0.39 is 12.2 Å². The summed E-state index contributed by atoms with van der Waals surface area (Å²) in [6.45, 7) is 0.221. The van der Waals surface area contributed by atoms with Crippen molar-refractivity contribution < 1.29 is 33.9 Å². The van der Waals surface area contributed by atoms with Gasteiger partial charge in [0, 0.05) is 14.2 Å². The zero-order valence-electron chi connectivity index (χ0n) is 17.1. The lowest BCUT2D eigenvalue weighted by molar-refractivity contribution is -0.0265. The lowest BCUT2D eigenvalue weighted by Crippen LogP contribution is -2.30. The van der Waals surface area contributed by atoms with Crippen LogP contribution in [0, 0.1) is 0 Å². The van der Waals surface area contributed by atoms with E-state index in [0.29, 0.717) is 29.4 Å². The fourth-order valence-electron chi connectivity index (χ4n) is 2.90. The summed E-state index contributed by atoms with van der Waals surface area (Å²) in [6.07, 6.45) is 2.50. The lowest BCUT2D eigenvalue weighted by Gasteiger charge is -2.27. The molecule has 0 spiro atoms. The van der Waals surface area contributed by atoms with Crippen LogP contribution in [-0.4, -0.2) is 58.0 Å². The molecule has 29 heavy (non-hydrogen) atoms. The minimum atomic E-state index is -0.710. The molecule has 0 heterocycles. The molecule has 0 unspecified atom stereocenters. The zero-order chi connectivity index (χ0) is 21.2. The van der Waals surface area contributed by atoms with Crippen LogP contribution >= 0.6 is 0 Å². The quantitative estimate of drug-likeness (QED) is 0.595. The maximum Gasteiger partial charge on any atom is 0.161 e. The number of aliphatic hydroxyl groups is 1. The number of hydrogen-bond donors (Lipinski definition) is 2. The molecule has 0 aromatic heterocycles. The smallest absolute Gasteiger partial charge is 0.161 e. The number of methoxy groups -OCH3 is 4. The van der Waals surface area contributed by atoms with Gasteiger partial charge in [-0.2, -0.15) is 0 Å². The first kappa shape index (κ1) is 22.5. The zero-order valence-corrected chi connectivity index (χ0v) is 17.1. The summed E-state index contributed by atoms with van der Waals surface area (Å²) in [5.41, 5.74) is 1.62. The van der Waals surface area contributed by atoms with Gasteiger partial charge in [0.15, 0.2) is 29.1 Å². The molecular weight excluding hydrogens is 376 g/mol. The number of phenolic OH excluding ortho intramolecular Hbond substituents is 1. The van der Waals surface area contributed by atoms with Crippen LogP contribution in [0.25, 0.3) is 6.08 Å². The van der Waals surface area contributed by atoms with Crippen molar-refractivity contribution in [3.8, 4) is 23.0 Å². The highest BCUT2D eigenvalue weighted by molar-refractivity contribution is 5.56. The number of benzene rings is 2. The number of phenols is 1. The molecule has 0 aliphatic rings. The third-order valence-corrected chi connectivity index (χ3v) is 4.34. The van der Waals surface area contributed by atoms with Crippen LogP contribution in [0.4, 0.5) is 0 Å². The van der Waals surface area contributed by atoms with E-state index in [4.69, 9.17) is 23.7 Å². The molecule has 2 N–H and O–H groups in total. The van der Waals surface area contributed by atoms with Crippen LogP contribution in [-0.2, 0) is 9.47 Å². The molecule has 158 valence electrons. The van der Waals surface area contributed by atoms with Gasteiger partial charge in [0.1, 0.15) is 6.10 Å². The summed E-state index contributed by atoms with van der Waals surface area (Å²) in [7, 11) is 6.18. The van der Waals surface area contributed by atoms with Gasteiger partial charge in [0.25, 0.3) is 0 Å². The maximum atomic E-state index is 9.94. The van der Waals surface area contributed by atoms with Crippen molar-refractivity contribution in [3.05, 3.63) is 53.6 Å². The second-order valence-electron chi connectivity index (χ2n) is 6.19. The summed E-state index contributed by atoms with van der Waals surface area (Å²) < 4.78 is 27.2. The number of rotatable bonds is 11. The van der Waals surface area contributed by atoms with Crippen LogP contribution in [0.3, 0.4) is 0 Å². The number of hydrogen-bond acceptors (Lipinski definition) is 7. The first-order chi connectivity index (χ1) is 14.1. The summed E-state index contributed by atoms with van der Waals surface area (Å²) in [6, 6.07) is 10.3. The second kappa shape index (κ2) is 11.3. The Morgan fingerprint density at radius 1 is 0.931 bits per heavy atom. The third kappa shape index (κ3) is 5.87. The van der Waals surface area contributed by atoms with E-state index in [2.05, 4.69) is 0 Å². The van der Waals surface area contributed by atoms with E-state index in [1.54, 1.807) is 32.4 Å². The van der Waals surface area contributed by atoms with Crippen LogP contribution in [0.5, 0.6) is 23.0 Å². The average molecular weight is 404 g/mol. The summed E-state index contributed by atoms with van der Waals surface area (Å²) in [4.78, 5) is 0. The average Bonchev–Trinajstić information content (AvgIpc) is 2.75. The molecule has 0 aliphatic carbocycles. The Labute approximate surface area is 171 Å². The fourth-order valence-corrected chi connectivity index (χ4v) is 2.90. The minimum Gasteiger partial charge on any atom is -0.504 e. The number of aromatic hydroxyl groups is 1. The van der Waals surface area contributed by atoms with Gasteiger partial charge in [0.05, 0.1) is 27.4 Å². The molecule has 2 aromatic rings. The molecule has 7 nitrogen and oxygen atoms in total. The number of ether oxygens (including phenoxy) is 5. The van der Waals surface area contributed by atoms with Crippen LogP contribution in [0.15, 0.2) is 42.5 Å². The standard InChI is InChI=1S/C22H28O7/c1-25-11-5-6-15-7-10-18(20(12-15)27-3)29-21(14-23)22(28-4)16-8-9-17(24)19(13-16)26-2/h5-10,12-13,21-24H,11,14H2,1-4H3/b6-5+/t21-,22-/m1/s1. The molecule has 7 heteroatoms. The van der Waals surface area contributed by atoms with E-state index in [1.165, 1.54) is 20.3 Å². The fraction of sp³-hybridized carbons (Fsp3) is 0.364. The van der Waals surface area contributed by atoms with Gasteiger partial charge in [-0.1, -0.05) is 24.3 Å². The molecule has 0 saturated carbocycles. The van der Waals surface area contributed by atoms with Crippen molar-refractivity contribution in [2.45, 2.75) is 12.2 Å². The third-order valence-electron chi connectivity index (χ3n) is 4.34. The van der Waals surface area contributed by atoms with Crippen LogP contribution in [0.1, 0.15) is 17.2 Å². The van der Waals surface area contributed by atoms with Gasteiger partial charge < -0.3 is 33.9 Å². The SMILES string of the molecule is COC/C=C/c1ccc(O[C@H](CO)[C@H](OC)c2ccc(O)c(OC)c2)c(OC)c1. The Bertz CT molecular complexity index is 804. The van der Waals surface area contributed by atoms with Crippen molar-refractivity contribution in [2.24, 2.45) is 0 Å². The second-order valence-corrected chi connectivity index (χ2v) is 6.19. The lowest BCUT2D eigenvalue weighted by atomic mass is 10.0. The Hall–Kier alpha value is -2.74. The van der Waals surface area contributed by atoms with Gasteiger partial charge in [-0.25, -0.2) is 0 Å². The van der Waals surface area contributed by atoms with Crippen molar-refractivity contribution in [1.29, 1.82) is 0 Å². The van der Waals surface area contributed by atoms with Crippen LogP contribution in [0.2, 0.25) is 0 Å². The summed E-state index contributed by atoms with van der Waals surface area (Å²) in [5.74, 6) is 1.33. The van der Waals surface area contributed by atoms with Gasteiger partial charge in [-0.3, -0.25) is 0 Å². The number of aliphatic hydroxyl groups excluding tert-OH is 1. The summed E-state index contributed by atoms with van der Waals surface area (Å²) in [5, 5.41) is 19.8. The Morgan fingerprint density at radius 3 is 2.31 bits per heavy atom. The molecule has 0 bridgehead atoms. The van der Waals surface area contributed by atoms with E-state index >= 15 is 0 Å². The highest BCUT2D eigenvalue weighted by atomic mass is 16.6. The molecular formula is C22H28O7. The molecule has 2 atom stereocenters. The Balaban J connectivity index is 2.27. The Kier molecular flexibility index (Phi) is 8.79. The minimum absolute atomic E-state index is 0.0198. The van der Waals surface area contributed by atoms with Crippen molar-refractivity contribution in [1.82, 2.24) is 0 Å². The highest BCUT2D eigenvalue weighted by Crippen LogP contribution is 2.35. The van der Waals surface area contributed by atoms with Crippen molar-refractivity contribution in [3.63, 3.8) is 0 Å². The largest absolute Gasteiger partial charge is 0.504 e. The first-order valence-corrected chi connectivity index (χ1v) is 9.08. The molecule has 0 saturated heterocycles. The van der Waals surface area contributed by atoms with E-state index in [1.807, 2.05) is 24.3 Å². The summed E-state index contributed by atoms with van der Waals surface area (Å²) >= 11 is 0. The monoisotopic (exact) mass is 404 g/mol.